The Hall–Kier alpha value is -0.0800. The van der Waals surface area contributed by atoms with Crippen molar-refractivity contribution in [3.63, 3.8) is 0 Å². The second-order valence-electron chi connectivity index (χ2n) is 11.6. The van der Waals surface area contributed by atoms with Gasteiger partial charge in [-0.2, -0.15) is 0 Å². The average molecular weight is 363 g/mol. The second-order valence-corrected chi connectivity index (χ2v) is 11.6. The average Bonchev–Trinajstić information content (AvgIpc) is 2.88. The fraction of sp³-hybridized carbons (Fsp3) is 1.00. The van der Waals surface area contributed by atoms with Crippen LogP contribution in [0.4, 0.5) is 0 Å². The molecule has 0 amide bonds. The second kappa shape index (κ2) is 5.96. The predicted octanol–water partition coefficient (Wildman–Crippen LogP) is 5.82. The number of rotatable bonds is 2. The van der Waals surface area contributed by atoms with Gasteiger partial charge in [0.1, 0.15) is 0 Å². The molecule has 1 N–H and O–H groups in total. The molecule has 0 aromatic heterocycles. The number of fused-ring (bicyclic) bond motifs is 5. The Balaban J connectivity index is 1.64. The van der Waals surface area contributed by atoms with Crippen LogP contribution in [0.15, 0.2) is 0 Å². The smallest absolute Gasteiger partial charge is 0.0577 e. The molecule has 0 heterocycles. The maximum atomic E-state index is 10.6. The SMILES string of the molecule is CO[C@H]1CC[C@]2(C)[C@H]3CC[C@@]4(C)[C@@H](CC[C@]4(C)[C@@H](C)O)[C@@H]3CC[C@]2(C)C1. The van der Waals surface area contributed by atoms with Gasteiger partial charge in [-0.25, -0.2) is 0 Å². The third-order valence-electron chi connectivity index (χ3n) is 11.3. The van der Waals surface area contributed by atoms with E-state index in [1.165, 1.54) is 57.8 Å². The van der Waals surface area contributed by atoms with Gasteiger partial charge < -0.3 is 9.84 Å². The Morgan fingerprint density at radius 1 is 0.846 bits per heavy atom. The first-order chi connectivity index (χ1) is 12.1. The van der Waals surface area contributed by atoms with Crippen LogP contribution in [0.5, 0.6) is 0 Å². The summed E-state index contributed by atoms with van der Waals surface area (Å²) < 4.78 is 5.80. The summed E-state index contributed by atoms with van der Waals surface area (Å²) >= 11 is 0. The van der Waals surface area contributed by atoms with Crippen molar-refractivity contribution in [2.24, 2.45) is 39.4 Å². The summed E-state index contributed by atoms with van der Waals surface area (Å²) in [6, 6.07) is 0. The summed E-state index contributed by atoms with van der Waals surface area (Å²) in [5.74, 6) is 2.59. The van der Waals surface area contributed by atoms with Gasteiger partial charge in [0, 0.05) is 7.11 Å². The van der Waals surface area contributed by atoms with Crippen LogP contribution in [0, 0.1) is 39.4 Å². The molecule has 0 spiro atoms. The summed E-state index contributed by atoms with van der Waals surface area (Å²) in [6.45, 7) is 12.2. The molecule has 0 aliphatic heterocycles. The molecule has 9 atom stereocenters. The first-order valence-corrected chi connectivity index (χ1v) is 11.3. The van der Waals surface area contributed by atoms with Crippen molar-refractivity contribution >= 4 is 0 Å². The van der Waals surface area contributed by atoms with Crippen molar-refractivity contribution in [2.75, 3.05) is 7.11 Å². The molecular formula is C24H42O2. The third kappa shape index (κ3) is 2.24. The van der Waals surface area contributed by atoms with E-state index in [9.17, 15) is 5.11 Å². The highest BCUT2D eigenvalue weighted by Crippen LogP contribution is 2.73. The lowest BCUT2D eigenvalue weighted by Crippen LogP contribution is -2.59. The van der Waals surface area contributed by atoms with Crippen LogP contribution < -0.4 is 0 Å². The molecule has 2 heteroatoms. The molecule has 26 heavy (non-hydrogen) atoms. The van der Waals surface area contributed by atoms with Crippen molar-refractivity contribution in [3.05, 3.63) is 0 Å². The van der Waals surface area contributed by atoms with Crippen LogP contribution >= 0.6 is 0 Å². The van der Waals surface area contributed by atoms with Crippen LogP contribution in [0.2, 0.25) is 0 Å². The first-order valence-electron chi connectivity index (χ1n) is 11.3. The van der Waals surface area contributed by atoms with Gasteiger partial charge in [-0.05, 0) is 104 Å². The number of hydrogen-bond acceptors (Lipinski definition) is 2. The minimum atomic E-state index is -0.185. The molecule has 4 saturated carbocycles. The first kappa shape index (κ1) is 19.2. The lowest BCUT2D eigenvalue weighted by molar-refractivity contribution is -0.184. The van der Waals surface area contributed by atoms with Crippen LogP contribution in [0.3, 0.4) is 0 Å². The molecule has 4 fully saturated rings. The zero-order chi connectivity index (χ0) is 19.0. The topological polar surface area (TPSA) is 29.5 Å². The number of hydrogen-bond donors (Lipinski definition) is 1. The van der Waals surface area contributed by atoms with Crippen molar-refractivity contribution in [1.29, 1.82) is 0 Å². The van der Waals surface area contributed by atoms with Gasteiger partial charge in [-0.3, -0.25) is 0 Å². The molecule has 150 valence electrons. The van der Waals surface area contributed by atoms with Gasteiger partial charge in [-0.1, -0.05) is 27.7 Å². The fourth-order valence-corrected chi connectivity index (χ4v) is 8.78. The largest absolute Gasteiger partial charge is 0.393 e. The molecule has 2 nitrogen and oxygen atoms in total. The number of ether oxygens (including phenoxy) is 1. The quantitative estimate of drug-likeness (QED) is 0.670. The van der Waals surface area contributed by atoms with E-state index >= 15 is 0 Å². The van der Waals surface area contributed by atoms with Gasteiger partial charge in [-0.15, -0.1) is 0 Å². The summed E-state index contributed by atoms with van der Waals surface area (Å²) in [4.78, 5) is 0. The Bertz CT molecular complexity index is 558. The number of aliphatic hydroxyl groups is 1. The Kier molecular flexibility index (Phi) is 4.41. The van der Waals surface area contributed by atoms with E-state index in [1.54, 1.807) is 0 Å². The van der Waals surface area contributed by atoms with E-state index in [-0.39, 0.29) is 11.5 Å². The van der Waals surface area contributed by atoms with Gasteiger partial charge in [0.25, 0.3) is 0 Å². The van der Waals surface area contributed by atoms with E-state index in [0.29, 0.717) is 22.3 Å². The molecule has 0 aromatic rings. The highest BCUT2D eigenvalue weighted by molar-refractivity contribution is 5.15. The van der Waals surface area contributed by atoms with Crippen LogP contribution in [-0.4, -0.2) is 24.4 Å². The molecule has 0 aromatic carbocycles. The Morgan fingerprint density at radius 3 is 2.12 bits per heavy atom. The van der Waals surface area contributed by atoms with Crippen LogP contribution in [0.25, 0.3) is 0 Å². The molecule has 0 radical (unpaired) electrons. The van der Waals surface area contributed by atoms with E-state index in [2.05, 4.69) is 27.7 Å². The highest BCUT2D eigenvalue weighted by Gasteiger charge is 2.66. The molecule has 4 aliphatic carbocycles. The summed E-state index contributed by atoms with van der Waals surface area (Å²) in [5, 5.41) is 10.6. The lowest BCUT2D eigenvalue weighted by Gasteiger charge is -2.66. The Morgan fingerprint density at radius 2 is 1.46 bits per heavy atom. The molecule has 0 saturated heterocycles. The minimum absolute atomic E-state index is 0.109. The highest BCUT2D eigenvalue weighted by atomic mass is 16.5. The summed E-state index contributed by atoms with van der Waals surface area (Å²) in [5.41, 5.74) is 1.37. The zero-order valence-corrected chi connectivity index (χ0v) is 18.1. The van der Waals surface area contributed by atoms with E-state index < -0.39 is 0 Å². The molecule has 0 bridgehead atoms. The molecule has 0 unspecified atom stereocenters. The van der Waals surface area contributed by atoms with Gasteiger partial charge in [0.15, 0.2) is 0 Å². The van der Waals surface area contributed by atoms with Gasteiger partial charge in [0.2, 0.25) is 0 Å². The normalized spacial score (nSPS) is 57.8. The minimum Gasteiger partial charge on any atom is -0.393 e. The van der Waals surface area contributed by atoms with E-state index in [0.717, 1.165) is 17.8 Å². The molecule has 4 rings (SSSR count). The van der Waals surface area contributed by atoms with Crippen molar-refractivity contribution < 1.29 is 9.84 Å². The lowest BCUT2D eigenvalue weighted by atomic mass is 9.39. The summed E-state index contributed by atoms with van der Waals surface area (Å²) in [7, 11) is 1.91. The number of aliphatic hydroxyl groups excluding tert-OH is 1. The fourth-order valence-electron chi connectivity index (χ4n) is 8.78. The maximum Gasteiger partial charge on any atom is 0.0577 e. The van der Waals surface area contributed by atoms with Crippen molar-refractivity contribution in [3.8, 4) is 0 Å². The van der Waals surface area contributed by atoms with Crippen molar-refractivity contribution in [1.82, 2.24) is 0 Å². The van der Waals surface area contributed by atoms with E-state index in [1.807, 2.05) is 14.0 Å². The molecule has 4 aliphatic rings. The van der Waals surface area contributed by atoms with E-state index in [4.69, 9.17) is 4.74 Å². The van der Waals surface area contributed by atoms with Crippen molar-refractivity contribution in [2.45, 2.75) is 105 Å². The zero-order valence-electron chi connectivity index (χ0n) is 18.1. The number of methoxy groups -OCH3 is 1. The van der Waals surface area contributed by atoms with Gasteiger partial charge in [0.05, 0.1) is 12.2 Å². The van der Waals surface area contributed by atoms with Crippen LogP contribution in [-0.2, 0) is 4.74 Å². The maximum absolute atomic E-state index is 10.6. The monoisotopic (exact) mass is 362 g/mol. The third-order valence-corrected chi connectivity index (χ3v) is 11.3. The van der Waals surface area contributed by atoms with Gasteiger partial charge >= 0.3 is 0 Å². The van der Waals surface area contributed by atoms with Crippen LogP contribution in [0.1, 0.15) is 92.4 Å². The predicted molar refractivity (Wildman–Crippen MR) is 107 cm³/mol. The Labute approximate surface area is 161 Å². The summed E-state index contributed by atoms with van der Waals surface area (Å²) in [6.07, 6.45) is 12.2. The standard InChI is InChI=1S/C24H42O2/c1-16(25)22(3)13-9-20-18-8-11-21(2)15-17(26-6)7-12-23(21,4)19(18)10-14-24(20,22)5/h16-20,25H,7-15H2,1-6H3/t16-,17+,18-,19+,20+,21-,22-,23-,24+/m1/s1. The molecular weight excluding hydrogens is 320 g/mol.